The summed E-state index contributed by atoms with van der Waals surface area (Å²) < 4.78 is 20.4. The second-order valence-electron chi connectivity index (χ2n) is 7.06. The maximum absolute atomic E-state index is 13.2. The number of hydrogen-bond acceptors (Lipinski definition) is 5. The Hall–Kier alpha value is -2.93. The Morgan fingerprint density at radius 3 is 2.59 bits per heavy atom. The predicted octanol–water partition coefficient (Wildman–Crippen LogP) is 5.37. The molecule has 0 atom stereocenters. The van der Waals surface area contributed by atoms with Crippen LogP contribution in [0.3, 0.4) is 0 Å². The fourth-order valence-electron chi connectivity index (χ4n) is 3.19. The first kappa shape index (κ1) is 19.4. The fraction of sp³-hybridized carbons (Fsp3) is 0.227. The van der Waals surface area contributed by atoms with Gasteiger partial charge in [-0.15, -0.1) is 0 Å². The highest BCUT2D eigenvalue weighted by atomic mass is 32.2. The molecule has 29 heavy (non-hydrogen) atoms. The summed E-state index contributed by atoms with van der Waals surface area (Å²) in [4.78, 5) is 17.6. The summed E-state index contributed by atoms with van der Waals surface area (Å²) in [7, 11) is 0. The van der Waals surface area contributed by atoms with Crippen molar-refractivity contribution < 1.29 is 8.91 Å². The molecule has 4 aromatic rings. The van der Waals surface area contributed by atoms with Crippen molar-refractivity contribution >= 4 is 22.7 Å². The van der Waals surface area contributed by atoms with Crippen molar-refractivity contribution in [3.05, 3.63) is 76.0 Å². The van der Waals surface area contributed by atoms with Crippen molar-refractivity contribution in [2.45, 2.75) is 37.7 Å². The van der Waals surface area contributed by atoms with E-state index in [0.29, 0.717) is 27.6 Å². The van der Waals surface area contributed by atoms with Gasteiger partial charge in [0, 0.05) is 22.9 Å². The van der Waals surface area contributed by atoms with Crippen LogP contribution in [0.2, 0.25) is 0 Å². The van der Waals surface area contributed by atoms with E-state index in [1.54, 1.807) is 22.8 Å². The Morgan fingerprint density at radius 1 is 1.14 bits per heavy atom. The largest absolute Gasteiger partial charge is 0.356 e. The molecule has 2 aromatic heterocycles. The highest BCUT2D eigenvalue weighted by Gasteiger charge is 2.18. The Balaban J connectivity index is 1.66. The van der Waals surface area contributed by atoms with Crippen LogP contribution in [0.1, 0.15) is 31.1 Å². The quantitative estimate of drug-likeness (QED) is 0.327. The summed E-state index contributed by atoms with van der Waals surface area (Å²) in [5.74, 6) is 0.831. The first-order chi connectivity index (χ1) is 14.0. The van der Waals surface area contributed by atoms with Crippen LogP contribution < -0.4 is 5.56 Å². The maximum atomic E-state index is 13.2. The molecule has 0 saturated heterocycles. The molecule has 0 N–H and O–H groups in total. The van der Waals surface area contributed by atoms with Gasteiger partial charge < -0.3 is 4.52 Å². The molecule has 2 aromatic carbocycles. The summed E-state index contributed by atoms with van der Waals surface area (Å²) >= 11 is 1.45. The van der Waals surface area contributed by atoms with Crippen LogP contribution in [0.5, 0.6) is 0 Å². The summed E-state index contributed by atoms with van der Waals surface area (Å²) in [5, 5.41) is 5.44. The summed E-state index contributed by atoms with van der Waals surface area (Å²) in [6.07, 6.45) is 0. The van der Waals surface area contributed by atoms with E-state index >= 15 is 0 Å². The number of halogens is 1. The molecular weight excluding hydrogens is 389 g/mol. The van der Waals surface area contributed by atoms with Crippen LogP contribution in [0.15, 0.2) is 63.0 Å². The van der Waals surface area contributed by atoms with E-state index < -0.39 is 0 Å². The van der Waals surface area contributed by atoms with Gasteiger partial charge in [-0.1, -0.05) is 29.1 Å². The molecular formula is C22H20FN3O2S. The highest BCUT2D eigenvalue weighted by molar-refractivity contribution is 7.98. The Kier molecular flexibility index (Phi) is 5.24. The summed E-state index contributed by atoms with van der Waals surface area (Å²) in [6.45, 7) is 5.86. The molecule has 0 saturated carbocycles. The smallest absolute Gasteiger partial charge is 0.262 e. The van der Waals surface area contributed by atoms with Gasteiger partial charge in [-0.05, 0) is 57.2 Å². The third-order valence-electron chi connectivity index (χ3n) is 4.76. The molecule has 5 nitrogen and oxygen atoms in total. The lowest BCUT2D eigenvalue weighted by molar-refractivity contribution is 0.426. The van der Waals surface area contributed by atoms with Gasteiger partial charge in [0.25, 0.3) is 5.56 Å². The summed E-state index contributed by atoms with van der Waals surface area (Å²) in [6, 6.07) is 13.5. The lowest BCUT2D eigenvalue weighted by Gasteiger charge is -2.15. The van der Waals surface area contributed by atoms with Gasteiger partial charge in [0.05, 0.1) is 16.6 Å². The van der Waals surface area contributed by atoms with Crippen LogP contribution in [0.4, 0.5) is 4.39 Å². The van der Waals surface area contributed by atoms with Crippen molar-refractivity contribution in [3.8, 4) is 11.3 Å². The van der Waals surface area contributed by atoms with Crippen molar-refractivity contribution in [2.24, 2.45) is 0 Å². The number of hydrogen-bond donors (Lipinski definition) is 0. The molecule has 0 fully saturated rings. The van der Waals surface area contributed by atoms with E-state index in [-0.39, 0.29) is 17.4 Å². The van der Waals surface area contributed by atoms with E-state index in [9.17, 15) is 9.18 Å². The normalized spacial score (nSPS) is 11.5. The Morgan fingerprint density at radius 2 is 1.86 bits per heavy atom. The third kappa shape index (κ3) is 3.70. The van der Waals surface area contributed by atoms with Gasteiger partial charge in [0.2, 0.25) is 0 Å². The molecule has 148 valence electrons. The second-order valence-corrected chi connectivity index (χ2v) is 8.00. The minimum absolute atomic E-state index is 0.0183. The fourth-order valence-corrected chi connectivity index (χ4v) is 4.32. The molecule has 0 unspecified atom stereocenters. The number of thioether (sulfide) groups is 1. The molecule has 2 heterocycles. The zero-order chi connectivity index (χ0) is 20.5. The van der Waals surface area contributed by atoms with Crippen LogP contribution >= 0.6 is 11.8 Å². The topological polar surface area (TPSA) is 60.9 Å². The average Bonchev–Trinajstić information content (AvgIpc) is 3.07. The van der Waals surface area contributed by atoms with Crippen LogP contribution in [-0.4, -0.2) is 14.7 Å². The van der Waals surface area contributed by atoms with Crippen molar-refractivity contribution in [3.63, 3.8) is 0 Å². The van der Waals surface area contributed by atoms with Crippen LogP contribution in [-0.2, 0) is 5.75 Å². The minimum atomic E-state index is -0.296. The molecule has 4 rings (SSSR count). The molecule has 0 spiro atoms. The predicted molar refractivity (Wildman–Crippen MR) is 113 cm³/mol. The lowest BCUT2D eigenvalue weighted by atomic mass is 10.1. The van der Waals surface area contributed by atoms with Crippen LogP contribution in [0.25, 0.3) is 22.2 Å². The average molecular weight is 409 g/mol. The molecule has 0 amide bonds. The standard InChI is InChI=1S/C22H20FN3O2S/c1-13(2)26-21(27)17-6-4-5-7-18(17)24-22(26)29-12-19-14(3)20(28-25-19)15-8-10-16(23)11-9-15/h4-11,13H,12H2,1-3H3. The maximum Gasteiger partial charge on any atom is 0.262 e. The number of nitrogens with zero attached hydrogens (tertiary/aromatic N) is 3. The van der Waals surface area contributed by atoms with E-state index in [2.05, 4.69) is 5.16 Å². The third-order valence-corrected chi connectivity index (χ3v) is 5.72. The first-order valence-electron chi connectivity index (χ1n) is 9.31. The monoisotopic (exact) mass is 409 g/mol. The van der Waals surface area contributed by atoms with Gasteiger partial charge in [-0.25, -0.2) is 9.37 Å². The molecule has 0 aliphatic heterocycles. The first-order valence-corrected chi connectivity index (χ1v) is 10.3. The second kappa shape index (κ2) is 7.83. The van der Waals surface area contributed by atoms with E-state index in [1.807, 2.05) is 39.0 Å². The Labute approximate surface area is 171 Å². The molecule has 0 aliphatic carbocycles. The number of rotatable bonds is 5. The van der Waals surface area contributed by atoms with Crippen LogP contribution in [0, 0.1) is 12.7 Å². The zero-order valence-electron chi connectivity index (χ0n) is 16.3. The van der Waals surface area contributed by atoms with E-state index in [4.69, 9.17) is 9.51 Å². The Bertz CT molecular complexity index is 1230. The van der Waals surface area contributed by atoms with Crippen molar-refractivity contribution in [1.29, 1.82) is 0 Å². The van der Waals surface area contributed by atoms with Crippen molar-refractivity contribution in [1.82, 2.24) is 14.7 Å². The van der Waals surface area contributed by atoms with Gasteiger partial charge in [-0.2, -0.15) is 0 Å². The number of para-hydroxylation sites is 1. The van der Waals surface area contributed by atoms with Crippen molar-refractivity contribution in [2.75, 3.05) is 0 Å². The highest BCUT2D eigenvalue weighted by Crippen LogP contribution is 2.30. The number of aromatic nitrogens is 3. The summed E-state index contributed by atoms with van der Waals surface area (Å²) in [5.41, 5.74) is 3.07. The minimum Gasteiger partial charge on any atom is -0.356 e. The molecule has 0 aliphatic rings. The number of fused-ring (bicyclic) bond motifs is 1. The van der Waals surface area contributed by atoms with E-state index in [0.717, 1.165) is 16.8 Å². The van der Waals surface area contributed by atoms with Gasteiger partial charge in [0.1, 0.15) is 5.82 Å². The molecule has 0 radical (unpaired) electrons. The van der Waals surface area contributed by atoms with Gasteiger partial charge in [0.15, 0.2) is 10.9 Å². The molecule has 0 bridgehead atoms. The molecule has 7 heteroatoms. The van der Waals surface area contributed by atoms with E-state index in [1.165, 1.54) is 23.9 Å². The zero-order valence-corrected chi connectivity index (χ0v) is 17.2. The number of benzene rings is 2. The lowest BCUT2D eigenvalue weighted by Crippen LogP contribution is -2.25. The SMILES string of the molecule is Cc1c(CSc2nc3ccccc3c(=O)n2C(C)C)noc1-c1ccc(F)cc1. The van der Waals surface area contributed by atoms with Gasteiger partial charge >= 0.3 is 0 Å². The van der Waals surface area contributed by atoms with Gasteiger partial charge in [-0.3, -0.25) is 9.36 Å².